The first-order valence-electron chi connectivity index (χ1n) is 7.27. The van der Waals surface area contributed by atoms with Crippen LogP contribution < -0.4 is 14.8 Å². The second-order valence-electron chi connectivity index (χ2n) is 5.57. The smallest absolute Gasteiger partial charge is 0.229 e. The van der Waals surface area contributed by atoms with Gasteiger partial charge in [-0.3, -0.25) is 4.72 Å². The zero-order valence-corrected chi connectivity index (χ0v) is 14.6. The minimum absolute atomic E-state index is 0.0537. The van der Waals surface area contributed by atoms with E-state index in [0.717, 1.165) is 28.8 Å². The van der Waals surface area contributed by atoms with Crippen molar-refractivity contribution in [2.24, 2.45) is 0 Å². The predicted octanol–water partition coefficient (Wildman–Crippen LogP) is 3.55. The minimum atomic E-state index is -3.25. The van der Waals surface area contributed by atoms with Crippen LogP contribution in [0.1, 0.15) is 24.1 Å². The summed E-state index contributed by atoms with van der Waals surface area (Å²) in [6.45, 7) is 4.07. The number of anilines is 2. The third-order valence-electron chi connectivity index (χ3n) is 3.44. The Labute approximate surface area is 137 Å². The van der Waals surface area contributed by atoms with E-state index in [9.17, 15) is 8.42 Å². The normalized spacial score (nSPS) is 12.5. The molecule has 0 unspecified atom stereocenters. The summed E-state index contributed by atoms with van der Waals surface area (Å²) in [5, 5.41) is 3.42. The first-order chi connectivity index (χ1) is 10.8. The number of benzene rings is 2. The summed E-state index contributed by atoms with van der Waals surface area (Å²) in [5.41, 5.74) is 3.68. The van der Waals surface area contributed by atoms with Crippen LogP contribution in [0.2, 0.25) is 0 Å². The van der Waals surface area contributed by atoms with Gasteiger partial charge in [-0.2, -0.15) is 0 Å². The molecule has 1 atom stereocenters. The van der Waals surface area contributed by atoms with Gasteiger partial charge >= 0.3 is 0 Å². The molecule has 2 aromatic rings. The van der Waals surface area contributed by atoms with Gasteiger partial charge in [-0.1, -0.05) is 18.2 Å². The van der Waals surface area contributed by atoms with Crippen molar-refractivity contribution in [3.05, 3.63) is 53.6 Å². The van der Waals surface area contributed by atoms with E-state index in [1.165, 1.54) is 0 Å². The summed E-state index contributed by atoms with van der Waals surface area (Å²) in [4.78, 5) is 0. The zero-order chi connectivity index (χ0) is 17.0. The summed E-state index contributed by atoms with van der Waals surface area (Å²) < 4.78 is 30.3. The molecule has 2 rings (SSSR count). The highest BCUT2D eigenvalue weighted by Crippen LogP contribution is 2.29. The fourth-order valence-corrected chi connectivity index (χ4v) is 2.87. The fraction of sp³-hybridized carbons (Fsp3) is 0.294. The van der Waals surface area contributed by atoms with E-state index >= 15 is 0 Å². The van der Waals surface area contributed by atoms with Gasteiger partial charge in [0, 0.05) is 11.7 Å². The number of hydrogen-bond acceptors (Lipinski definition) is 4. The van der Waals surface area contributed by atoms with E-state index < -0.39 is 10.0 Å². The van der Waals surface area contributed by atoms with Crippen molar-refractivity contribution in [1.82, 2.24) is 0 Å². The molecule has 0 spiro atoms. The van der Waals surface area contributed by atoms with Crippen molar-refractivity contribution in [2.75, 3.05) is 23.4 Å². The lowest BCUT2D eigenvalue weighted by Gasteiger charge is -2.19. The van der Waals surface area contributed by atoms with Crippen LogP contribution in [-0.2, 0) is 10.0 Å². The Morgan fingerprint density at radius 1 is 1.09 bits per heavy atom. The summed E-state index contributed by atoms with van der Waals surface area (Å²) in [7, 11) is -1.61. The van der Waals surface area contributed by atoms with Crippen LogP contribution >= 0.6 is 0 Å². The lowest BCUT2D eigenvalue weighted by atomic mass is 10.1. The fourth-order valence-electron chi connectivity index (χ4n) is 2.31. The largest absolute Gasteiger partial charge is 0.495 e. The van der Waals surface area contributed by atoms with Gasteiger partial charge in [0.25, 0.3) is 0 Å². The molecule has 0 saturated carbocycles. The number of hydrogen-bond donors (Lipinski definition) is 2. The number of rotatable bonds is 6. The van der Waals surface area contributed by atoms with Crippen molar-refractivity contribution < 1.29 is 13.2 Å². The molecular weight excluding hydrogens is 312 g/mol. The van der Waals surface area contributed by atoms with Crippen LogP contribution in [0.15, 0.2) is 42.5 Å². The Hall–Kier alpha value is -2.21. The van der Waals surface area contributed by atoms with Crippen LogP contribution in [0.4, 0.5) is 11.4 Å². The topological polar surface area (TPSA) is 67.4 Å². The Morgan fingerprint density at radius 3 is 2.30 bits per heavy atom. The molecule has 0 aliphatic rings. The average molecular weight is 334 g/mol. The third kappa shape index (κ3) is 4.89. The van der Waals surface area contributed by atoms with Crippen molar-refractivity contribution >= 4 is 21.4 Å². The molecule has 2 aromatic carbocycles. The molecule has 0 amide bonds. The van der Waals surface area contributed by atoms with Crippen molar-refractivity contribution in [3.63, 3.8) is 0 Å². The van der Waals surface area contributed by atoms with Gasteiger partial charge in [0.2, 0.25) is 10.0 Å². The van der Waals surface area contributed by atoms with Gasteiger partial charge in [0.15, 0.2) is 0 Å². The molecule has 5 nitrogen and oxygen atoms in total. The lowest BCUT2D eigenvalue weighted by Crippen LogP contribution is -2.10. The van der Waals surface area contributed by atoms with Crippen LogP contribution in [0.3, 0.4) is 0 Å². The summed E-state index contributed by atoms with van der Waals surface area (Å²) in [6.07, 6.45) is 1.13. The van der Waals surface area contributed by atoms with Gasteiger partial charge in [-0.05, 0) is 49.2 Å². The molecule has 124 valence electrons. The molecule has 0 aromatic heterocycles. The summed E-state index contributed by atoms with van der Waals surface area (Å²) in [6, 6.07) is 13.3. The van der Waals surface area contributed by atoms with Crippen LogP contribution in [-0.4, -0.2) is 21.8 Å². The van der Waals surface area contributed by atoms with Crippen LogP contribution in [0, 0.1) is 6.92 Å². The van der Waals surface area contributed by atoms with Gasteiger partial charge in [0.05, 0.1) is 19.1 Å². The molecule has 0 aliphatic heterocycles. The Kier molecular flexibility index (Phi) is 5.15. The highest BCUT2D eigenvalue weighted by atomic mass is 32.2. The van der Waals surface area contributed by atoms with E-state index in [1.807, 2.05) is 44.2 Å². The van der Waals surface area contributed by atoms with Crippen molar-refractivity contribution in [1.29, 1.82) is 0 Å². The molecule has 0 radical (unpaired) electrons. The van der Waals surface area contributed by atoms with Crippen molar-refractivity contribution in [3.8, 4) is 5.75 Å². The van der Waals surface area contributed by atoms with Gasteiger partial charge in [-0.25, -0.2) is 8.42 Å². The third-order valence-corrected chi connectivity index (χ3v) is 4.05. The van der Waals surface area contributed by atoms with E-state index in [2.05, 4.69) is 10.0 Å². The zero-order valence-electron chi connectivity index (χ0n) is 13.8. The van der Waals surface area contributed by atoms with Crippen molar-refractivity contribution in [2.45, 2.75) is 19.9 Å². The van der Waals surface area contributed by atoms with E-state index in [1.54, 1.807) is 19.2 Å². The van der Waals surface area contributed by atoms with Crippen LogP contribution in [0.5, 0.6) is 5.75 Å². The second-order valence-corrected chi connectivity index (χ2v) is 7.31. The standard InChI is InChI=1S/C17H22N2O3S/c1-12-5-10-17(22-3)16(11-12)18-13(2)14-6-8-15(9-7-14)19-23(4,20)21/h5-11,13,18-19H,1-4H3/t13-/m1/s1. The SMILES string of the molecule is COc1ccc(C)cc1N[C@H](C)c1ccc(NS(C)(=O)=O)cc1. The predicted molar refractivity (Wildman–Crippen MR) is 94.7 cm³/mol. The quantitative estimate of drug-likeness (QED) is 0.848. The molecule has 0 heterocycles. The molecule has 0 fully saturated rings. The first-order valence-corrected chi connectivity index (χ1v) is 9.16. The molecule has 0 aliphatic carbocycles. The van der Waals surface area contributed by atoms with Gasteiger partial charge in [-0.15, -0.1) is 0 Å². The maximum Gasteiger partial charge on any atom is 0.229 e. The van der Waals surface area contributed by atoms with Gasteiger partial charge < -0.3 is 10.1 Å². The maximum absolute atomic E-state index is 11.2. The maximum atomic E-state index is 11.2. The molecular formula is C17H22N2O3S. The Morgan fingerprint density at radius 2 is 1.74 bits per heavy atom. The first kappa shape index (κ1) is 17.1. The van der Waals surface area contributed by atoms with Crippen LogP contribution in [0.25, 0.3) is 0 Å². The number of methoxy groups -OCH3 is 1. The molecule has 2 N–H and O–H groups in total. The highest BCUT2D eigenvalue weighted by molar-refractivity contribution is 7.92. The average Bonchev–Trinajstić information content (AvgIpc) is 2.46. The Balaban J connectivity index is 2.15. The number of nitrogens with one attached hydrogen (secondary N) is 2. The monoisotopic (exact) mass is 334 g/mol. The summed E-state index contributed by atoms with van der Waals surface area (Å²) >= 11 is 0. The second kappa shape index (κ2) is 6.91. The molecule has 0 saturated heterocycles. The Bertz CT molecular complexity index is 771. The van der Waals surface area contributed by atoms with E-state index in [0.29, 0.717) is 5.69 Å². The molecule has 0 bridgehead atoms. The lowest BCUT2D eigenvalue weighted by molar-refractivity contribution is 0.416. The number of ether oxygens (including phenoxy) is 1. The van der Waals surface area contributed by atoms with Gasteiger partial charge in [0.1, 0.15) is 5.75 Å². The number of aryl methyl sites for hydroxylation is 1. The molecule has 6 heteroatoms. The molecule has 23 heavy (non-hydrogen) atoms. The summed E-state index contributed by atoms with van der Waals surface area (Å²) in [5.74, 6) is 0.790. The highest BCUT2D eigenvalue weighted by Gasteiger charge is 2.10. The van der Waals surface area contributed by atoms with E-state index in [-0.39, 0.29) is 6.04 Å². The van der Waals surface area contributed by atoms with E-state index in [4.69, 9.17) is 4.74 Å². The number of sulfonamides is 1. The minimum Gasteiger partial charge on any atom is -0.495 e.